The van der Waals surface area contributed by atoms with Gasteiger partial charge in [-0.3, -0.25) is 4.79 Å². The maximum Gasteiger partial charge on any atom is 0.323 e. The number of carbonyl (C=O) groups is 2. The molecule has 1 aliphatic rings. The Balaban J connectivity index is 2.65. The maximum absolute atomic E-state index is 11.8. The number of nitrogens with zero attached hydrogens (tertiary/aromatic N) is 2. The highest BCUT2D eigenvalue weighted by molar-refractivity contribution is 5.80. The first-order valence-electron chi connectivity index (χ1n) is 5.01. The van der Waals surface area contributed by atoms with Crippen molar-refractivity contribution in [1.82, 2.24) is 9.80 Å². The van der Waals surface area contributed by atoms with Crippen molar-refractivity contribution in [2.75, 3.05) is 26.2 Å². The Kier molecular flexibility index (Phi) is 4.31. The number of urea groups is 1. The molecule has 2 unspecified atom stereocenters. The minimum absolute atomic E-state index is 0.0271. The molecule has 1 aliphatic heterocycles. The Morgan fingerprint density at radius 1 is 1.35 bits per heavy atom. The fourth-order valence-corrected chi connectivity index (χ4v) is 1.59. The monoisotopic (exact) mass is 242 g/mol. The van der Waals surface area contributed by atoms with Crippen LogP contribution in [0.3, 0.4) is 0 Å². The topological polar surface area (TPSA) is 101 Å². The van der Waals surface area contributed by atoms with Crippen LogP contribution in [0.15, 0.2) is 0 Å². The van der Waals surface area contributed by atoms with Gasteiger partial charge in [-0.15, -0.1) is 6.42 Å². The average molecular weight is 242 g/mol. The van der Waals surface area contributed by atoms with E-state index in [1.807, 2.05) is 0 Å². The van der Waals surface area contributed by atoms with Crippen LogP contribution >= 0.6 is 0 Å². The standard InChI is InChI=1S/C10H14N2O5/c1-2-3-11(6-9(15)16)10(17)12-4-7(13)8(14)5-12/h1,7-8,13-14H,3-6H2,(H,15,16). The number of aliphatic hydroxyl groups excluding tert-OH is 2. The molecule has 0 saturated carbocycles. The van der Waals surface area contributed by atoms with E-state index in [9.17, 15) is 19.8 Å². The van der Waals surface area contributed by atoms with Gasteiger partial charge in [0.2, 0.25) is 0 Å². The molecule has 1 heterocycles. The summed E-state index contributed by atoms with van der Waals surface area (Å²) in [6, 6.07) is -0.596. The minimum atomic E-state index is -1.17. The Labute approximate surface area is 98.2 Å². The Morgan fingerprint density at radius 3 is 2.29 bits per heavy atom. The number of aliphatic hydroxyl groups is 2. The molecule has 3 N–H and O–H groups in total. The lowest BCUT2D eigenvalue weighted by Crippen LogP contribution is -2.45. The molecular formula is C10H14N2O5. The van der Waals surface area contributed by atoms with Gasteiger partial charge in [0.15, 0.2) is 0 Å². The first-order valence-corrected chi connectivity index (χ1v) is 5.01. The summed E-state index contributed by atoms with van der Waals surface area (Å²) in [5.74, 6) is 1.02. The van der Waals surface area contributed by atoms with Crippen LogP contribution < -0.4 is 0 Å². The maximum atomic E-state index is 11.8. The van der Waals surface area contributed by atoms with Gasteiger partial charge in [-0.2, -0.15) is 0 Å². The third-order valence-corrected chi connectivity index (χ3v) is 2.41. The first kappa shape index (κ1) is 13.3. The number of carbonyl (C=O) groups excluding carboxylic acids is 1. The molecule has 1 rings (SSSR count). The smallest absolute Gasteiger partial charge is 0.323 e. The van der Waals surface area contributed by atoms with Gasteiger partial charge in [-0.25, -0.2) is 4.79 Å². The highest BCUT2D eigenvalue weighted by Crippen LogP contribution is 2.12. The molecule has 17 heavy (non-hydrogen) atoms. The fraction of sp³-hybridized carbons (Fsp3) is 0.600. The number of aliphatic carboxylic acids is 1. The number of hydrogen-bond donors (Lipinski definition) is 3. The third kappa shape index (κ3) is 3.34. The normalized spacial score (nSPS) is 23.2. The summed E-state index contributed by atoms with van der Waals surface area (Å²) in [4.78, 5) is 24.5. The van der Waals surface area contributed by atoms with Crippen LogP contribution in [-0.4, -0.2) is 75.5 Å². The molecule has 2 atom stereocenters. The van der Waals surface area contributed by atoms with Crippen LogP contribution in [0.2, 0.25) is 0 Å². The van der Waals surface area contributed by atoms with E-state index in [1.54, 1.807) is 0 Å². The van der Waals surface area contributed by atoms with Crippen molar-refractivity contribution in [2.24, 2.45) is 0 Å². The molecule has 0 aromatic heterocycles. The Morgan fingerprint density at radius 2 is 1.88 bits per heavy atom. The van der Waals surface area contributed by atoms with Gasteiger partial charge in [0.1, 0.15) is 6.54 Å². The van der Waals surface area contributed by atoms with E-state index in [-0.39, 0.29) is 19.6 Å². The number of β-amino-alcohol motifs (C(OH)–C–C–N with tert-alkyl or cyclic N) is 2. The summed E-state index contributed by atoms with van der Waals surface area (Å²) < 4.78 is 0. The van der Waals surface area contributed by atoms with E-state index in [1.165, 1.54) is 4.90 Å². The number of amides is 2. The quantitative estimate of drug-likeness (QED) is 0.505. The van der Waals surface area contributed by atoms with Crippen molar-refractivity contribution in [3.63, 3.8) is 0 Å². The molecule has 1 saturated heterocycles. The van der Waals surface area contributed by atoms with E-state index in [0.717, 1.165) is 4.90 Å². The summed E-state index contributed by atoms with van der Waals surface area (Å²) >= 11 is 0. The SMILES string of the molecule is C#CCN(CC(=O)O)C(=O)N1CC(O)C(O)C1. The summed E-state index contributed by atoms with van der Waals surface area (Å²) in [6.45, 7) is -0.694. The van der Waals surface area contributed by atoms with E-state index in [4.69, 9.17) is 11.5 Å². The second-order valence-corrected chi connectivity index (χ2v) is 3.78. The predicted molar refractivity (Wildman–Crippen MR) is 57.0 cm³/mol. The molecule has 0 aromatic rings. The second kappa shape index (κ2) is 5.52. The van der Waals surface area contributed by atoms with Crippen LogP contribution in [0.25, 0.3) is 0 Å². The van der Waals surface area contributed by atoms with Crippen molar-refractivity contribution >= 4 is 12.0 Å². The Bertz CT molecular complexity index is 341. The highest BCUT2D eigenvalue weighted by Gasteiger charge is 2.34. The Hall–Kier alpha value is -1.78. The van der Waals surface area contributed by atoms with Crippen molar-refractivity contribution < 1.29 is 24.9 Å². The summed E-state index contributed by atoms with van der Waals surface area (Å²) in [5.41, 5.74) is 0. The van der Waals surface area contributed by atoms with E-state index < -0.39 is 30.8 Å². The van der Waals surface area contributed by atoms with Gasteiger partial charge in [-0.1, -0.05) is 5.92 Å². The zero-order valence-corrected chi connectivity index (χ0v) is 9.11. The lowest BCUT2D eigenvalue weighted by molar-refractivity contribution is -0.137. The highest BCUT2D eigenvalue weighted by atomic mass is 16.4. The lowest BCUT2D eigenvalue weighted by atomic mass is 10.3. The van der Waals surface area contributed by atoms with Crippen LogP contribution in [-0.2, 0) is 4.79 Å². The molecule has 7 nitrogen and oxygen atoms in total. The molecule has 2 amide bonds. The molecule has 0 aromatic carbocycles. The molecule has 94 valence electrons. The lowest BCUT2D eigenvalue weighted by Gasteiger charge is -2.24. The van der Waals surface area contributed by atoms with Gasteiger partial charge in [0, 0.05) is 0 Å². The number of terminal acetylenes is 1. The summed E-state index contributed by atoms with van der Waals surface area (Å²) in [7, 11) is 0. The van der Waals surface area contributed by atoms with E-state index in [0.29, 0.717) is 0 Å². The number of hydrogen-bond acceptors (Lipinski definition) is 4. The van der Waals surface area contributed by atoms with Crippen LogP contribution in [0.1, 0.15) is 0 Å². The van der Waals surface area contributed by atoms with Crippen molar-refractivity contribution in [3.8, 4) is 12.3 Å². The van der Waals surface area contributed by atoms with Crippen LogP contribution in [0.4, 0.5) is 4.79 Å². The number of rotatable bonds is 3. The largest absolute Gasteiger partial charge is 0.480 e. The van der Waals surface area contributed by atoms with Gasteiger partial charge < -0.3 is 25.1 Å². The number of likely N-dealkylation sites (tertiary alicyclic amines) is 1. The van der Waals surface area contributed by atoms with Crippen LogP contribution in [0.5, 0.6) is 0 Å². The summed E-state index contributed by atoms with van der Waals surface area (Å²) in [6.07, 6.45) is 3.04. The van der Waals surface area contributed by atoms with Crippen molar-refractivity contribution in [2.45, 2.75) is 12.2 Å². The molecule has 0 spiro atoms. The molecule has 0 bridgehead atoms. The van der Waals surface area contributed by atoms with Crippen LogP contribution in [0, 0.1) is 12.3 Å². The predicted octanol–water partition coefficient (Wildman–Crippen LogP) is -1.84. The second-order valence-electron chi connectivity index (χ2n) is 3.78. The zero-order chi connectivity index (χ0) is 13.0. The molecule has 1 fully saturated rings. The van der Waals surface area contributed by atoms with E-state index in [2.05, 4.69) is 5.92 Å². The van der Waals surface area contributed by atoms with Crippen molar-refractivity contribution in [3.05, 3.63) is 0 Å². The molecule has 7 heteroatoms. The molecule has 0 aliphatic carbocycles. The van der Waals surface area contributed by atoms with Gasteiger partial charge in [0.25, 0.3) is 0 Å². The van der Waals surface area contributed by atoms with Gasteiger partial charge >= 0.3 is 12.0 Å². The fourth-order valence-electron chi connectivity index (χ4n) is 1.59. The molecular weight excluding hydrogens is 228 g/mol. The minimum Gasteiger partial charge on any atom is -0.480 e. The average Bonchev–Trinajstić information content (AvgIpc) is 2.57. The number of carboxylic acids is 1. The number of carboxylic acid groups (broad SMARTS) is 1. The first-order chi connectivity index (χ1) is 7.95. The summed E-state index contributed by atoms with van der Waals surface area (Å²) in [5, 5.41) is 27.2. The zero-order valence-electron chi connectivity index (χ0n) is 9.11. The third-order valence-electron chi connectivity index (χ3n) is 2.41. The van der Waals surface area contributed by atoms with Gasteiger partial charge in [0.05, 0.1) is 31.8 Å². The van der Waals surface area contributed by atoms with Crippen molar-refractivity contribution in [1.29, 1.82) is 0 Å². The van der Waals surface area contributed by atoms with Gasteiger partial charge in [-0.05, 0) is 0 Å². The molecule has 0 radical (unpaired) electrons. The van der Waals surface area contributed by atoms with E-state index >= 15 is 0 Å².